The molecule has 2 aromatic heterocycles. The van der Waals surface area contributed by atoms with Crippen molar-refractivity contribution >= 4 is 0 Å². The molecule has 108 valence electrons. The monoisotopic (exact) mass is 281 g/mol. The van der Waals surface area contributed by atoms with Gasteiger partial charge in [-0.1, -0.05) is 18.2 Å². The van der Waals surface area contributed by atoms with Crippen LogP contribution in [0.2, 0.25) is 0 Å². The van der Waals surface area contributed by atoms with Crippen LogP contribution in [-0.2, 0) is 13.1 Å². The molecule has 0 unspecified atom stereocenters. The average Bonchev–Trinajstić information content (AvgIpc) is 3.14. The molecule has 3 rings (SSSR count). The van der Waals surface area contributed by atoms with Gasteiger partial charge in [0.05, 0.1) is 24.1 Å². The fourth-order valence-corrected chi connectivity index (χ4v) is 2.18. The van der Waals surface area contributed by atoms with E-state index in [0.29, 0.717) is 0 Å². The van der Waals surface area contributed by atoms with Gasteiger partial charge in [0.2, 0.25) is 0 Å². The lowest BCUT2D eigenvalue weighted by Crippen LogP contribution is -2.20. The van der Waals surface area contributed by atoms with E-state index in [1.807, 2.05) is 71.3 Å². The lowest BCUT2D eigenvalue weighted by molar-refractivity contribution is 0.550. The first-order valence-electron chi connectivity index (χ1n) is 7.11. The van der Waals surface area contributed by atoms with Gasteiger partial charge in [-0.2, -0.15) is 10.2 Å². The zero-order chi connectivity index (χ0) is 14.5. The van der Waals surface area contributed by atoms with Gasteiger partial charge in [0, 0.05) is 25.5 Å². The fraction of sp³-hybridized carbons (Fsp3) is 0.250. The van der Waals surface area contributed by atoms with E-state index in [1.54, 1.807) is 0 Å². The van der Waals surface area contributed by atoms with Gasteiger partial charge in [0.1, 0.15) is 0 Å². The van der Waals surface area contributed by atoms with Crippen LogP contribution < -0.4 is 5.32 Å². The van der Waals surface area contributed by atoms with E-state index in [9.17, 15) is 0 Å². The fourth-order valence-electron chi connectivity index (χ4n) is 2.18. The highest BCUT2D eigenvalue weighted by molar-refractivity contribution is 5.30. The highest BCUT2D eigenvalue weighted by Gasteiger charge is 2.00. The lowest BCUT2D eigenvalue weighted by Gasteiger charge is -2.03. The maximum atomic E-state index is 4.56. The second-order valence-electron chi connectivity index (χ2n) is 5.04. The van der Waals surface area contributed by atoms with Crippen molar-refractivity contribution in [3.63, 3.8) is 0 Å². The lowest BCUT2D eigenvalue weighted by atomic mass is 10.3. The maximum absolute atomic E-state index is 4.56. The van der Waals surface area contributed by atoms with Gasteiger partial charge in [-0.05, 0) is 30.7 Å². The van der Waals surface area contributed by atoms with Crippen LogP contribution in [0.15, 0.2) is 55.0 Å². The summed E-state index contributed by atoms with van der Waals surface area (Å²) in [7, 11) is 0. The van der Waals surface area contributed by atoms with Crippen molar-refractivity contribution in [2.75, 3.05) is 6.54 Å². The summed E-state index contributed by atoms with van der Waals surface area (Å²) in [6, 6.07) is 12.2. The molecule has 0 spiro atoms. The minimum Gasteiger partial charge on any atom is -0.309 e. The topological polar surface area (TPSA) is 47.7 Å². The molecule has 0 atom stereocenters. The van der Waals surface area contributed by atoms with Crippen molar-refractivity contribution < 1.29 is 0 Å². The van der Waals surface area contributed by atoms with Crippen LogP contribution in [0.25, 0.3) is 5.69 Å². The molecule has 5 heteroatoms. The molecule has 0 bridgehead atoms. The second-order valence-corrected chi connectivity index (χ2v) is 5.04. The summed E-state index contributed by atoms with van der Waals surface area (Å²) in [5.74, 6) is 0. The Labute approximate surface area is 124 Å². The maximum Gasteiger partial charge on any atom is 0.0766 e. The molecular weight excluding hydrogens is 262 g/mol. The molecule has 1 N–H and O–H groups in total. The van der Waals surface area contributed by atoms with Crippen molar-refractivity contribution in [1.29, 1.82) is 0 Å². The van der Waals surface area contributed by atoms with Crippen molar-refractivity contribution in [3.05, 3.63) is 66.2 Å². The van der Waals surface area contributed by atoms with E-state index in [0.717, 1.165) is 31.0 Å². The predicted octanol–water partition coefficient (Wildman–Crippen LogP) is 2.17. The summed E-state index contributed by atoms with van der Waals surface area (Å²) in [5.41, 5.74) is 3.31. The molecule has 0 amide bonds. The van der Waals surface area contributed by atoms with E-state index in [2.05, 4.69) is 15.5 Å². The summed E-state index contributed by atoms with van der Waals surface area (Å²) < 4.78 is 3.85. The van der Waals surface area contributed by atoms with Crippen LogP contribution in [0.5, 0.6) is 0 Å². The quantitative estimate of drug-likeness (QED) is 0.704. The molecule has 2 heterocycles. The van der Waals surface area contributed by atoms with E-state index < -0.39 is 0 Å². The Hall–Kier alpha value is -2.40. The summed E-state index contributed by atoms with van der Waals surface area (Å²) in [4.78, 5) is 0. The van der Waals surface area contributed by atoms with Crippen molar-refractivity contribution in [2.45, 2.75) is 20.0 Å². The van der Waals surface area contributed by atoms with Crippen LogP contribution in [0.4, 0.5) is 0 Å². The first kappa shape index (κ1) is 13.6. The Bertz CT molecular complexity index is 684. The van der Waals surface area contributed by atoms with Gasteiger partial charge in [0.15, 0.2) is 0 Å². The normalized spacial score (nSPS) is 10.9. The Balaban J connectivity index is 1.49. The minimum absolute atomic E-state index is 0.764. The van der Waals surface area contributed by atoms with Crippen LogP contribution in [0.3, 0.4) is 0 Å². The van der Waals surface area contributed by atoms with Gasteiger partial charge in [-0.3, -0.25) is 4.68 Å². The summed E-state index contributed by atoms with van der Waals surface area (Å²) in [6.07, 6.45) is 5.91. The molecule has 0 radical (unpaired) electrons. The van der Waals surface area contributed by atoms with Gasteiger partial charge in [-0.25, -0.2) is 4.68 Å². The van der Waals surface area contributed by atoms with Crippen LogP contribution in [-0.4, -0.2) is 26.1 Å². The van der Waals surface area contributed by atoms with Crippen LogP contribution in [0, 0.1) is 6.92 Å². The minimum atomic E-state index is 0.764. The standard InChI is InChI=1S/C16H19N5/c1-14-11-18-20(13-14)10-8-17-12-15-7-9-21(19-15)16-5-3-2-4-6-16/h2-7,9,11,13,17H,8,10,12H2,1H3. The molecule has 0 aliphatic rings. The summed E-state index contributed by atoms with van der Waals surface area (Å²) in [6.45, 7) is 4.56. The molecule has 0 saturated heterocycles. The van der Waals surface area contributed by atoms with Crippen LogP contribution >= 0.6 is 0 Å². The third-order valence-electron chi connectivity index (χ3n) is 3.25. The molecule has 0 saturated carbocycles. The number of benzene rings is 1. The van der Waals surface area contributed by atoms with E-state index >= 15 is 0 Å². The molecule has 1 aromatic carbocycles. The number of aryl methyl sites for hydroxylation is 1. The first-order chi connectivity index (χ1) is 10.3. The zero-order valence-electron chi connectivity index (χ0n) is 12.1. The Kier molecular flexibility index (Phi) is 4.12. The van der Waals surface area contributed by atoms with E-state index in [1.165, 1.54) is 5.56 Å². The number of para-hydroxylation sites is 1. The second kappa shape index (κ2) is 6.37. The molecule has 21 heavy (non-hydrogen) atoms. The third-order valence-corrected chi connectivity index (χ3v) is 3.25. The molecule has 0 aliphatic heterocycles. The smallest absolute Gasteiger partial charge is 0.0766 e. The number of nitrogens with one attached hydrogen (secondary N) is 1. The average molecular weight is 281 g/mol. The SMILES string of the molecule is Cc1cnn(CCNCc2ccn(-c3ccccc3)n2)c1. The van der Waals surface area contributed by atoms with Gasteiger partial charge in [0.25, 0.3) is 0 Å². The Morgan fingerprint density at radius 1 is 1.14 bits per heavy atom. The molecule has 5 nitrogen and oxygen atoms in total. The Morgan fingerprint density at radius 3 is 2.76 bits per heavy atom. The number of nitrogens with zero attached hydrogens (tertiary/aromatic N) is 4. The van der Waals surface area contributed by atoms with Gasteiger partial charge >= 0.3 is 0 Å². The molecular formula is C16H19N5. The highest BCUT2D eigenvalue weighted by atomic mass is 15.3. The zero-order valence-corrected chi connectivity index (χ0v) is 12.1. The van der Waals surface area contributed by atoms with Gasteiger partial charge in [-0.15, -0.1) is 0 Å². The van der Waals surface area contributed by atoms with Crippen molar-refractivity contribution in [3.8, 4) is 5.69 Å². The van der Waals surface area contributed by atoms with Crippen LogP contribution in [0.1, 0.15) is 11.3 Å². The molecule has 0 fully saturated rings. The Morgan fingerprint density at radius 2 is 2.00 bits per heavy atom. The number of hydrogen-bond donors (Lipinski definition) is 1. The van der Waals surface area contributed by atoms with Crippen molar-refractivity contribution in [2.24, 2.45) is 0 Å². The highest BCUT2D eigenvalue weighted by Crippen LogP contribution is 2.06. The van der Waals surface area contributed by atoms with Gasteiger partial charge < -0.3 is 5.32 Å². The number of aromatic nitrogens is 4. The third kappa shape index (κ3) is 3.58. The summed E-state index contributed by atoms with van der Waals surface area (Å²) in [5, 5.41) is 12.2. The largest absolute Gasteiger partial charge is 0.309 e. The summed E-state index contributed by atoms with van der Waals surface area (Å²) >= 11 is 0. The molecule has 3 aromatic rings. The predicted molar refractivity (Wildman–Crippen MR) is 82.2 cm³/mol. The van der Waals surface area contributed by atoms with E-state index in [4.69, 9.17) is 0 Å². The van der Waals surface area contributed by atoms with Crippen molar-refractivity contribution in [1.82, 2.24) is 24.9 Å². The number of hydrogen-bond acceptors (Lipinski definition) is 3. The van der Waals surface area contributed by atoms with E-state index in [-0.39, 0.29) is 0 Å². The number of rotatable bonds is 6. The first-order valence-corrected chi connectivity index (χ1v) is 7.11. The molecule has 0 aliphatic carbocycles.